The second kappa shape index (κ2) is 8.15. The first kappa shape index (κ1) is 19.5. The molecular formula is C21H20Cl2N2O2. The van der Waals surface area contributed by atoms with Crippen LogP contribution in [0.5, 0.6) is 0 Å². The lowest BCUT2D eigenvalue weighted by atomic mass is 10.1. The Morgan fingerprint density at radius 1 is 1.00 bits per heavy atom. The Balaban J connectivity index is 1.81. The number of hydrogen-bond acceptors (Lipinski definition) is 3. The van der Waals surface area contributed by atoms with Crippen molar-refractivity contribution in [3.63, 3.8) is 0 Å². The van der Waals surface area contributed by atoms with E-state index in [1.165, 1.54) is 5.56 Å². The summed E-state index contributed by atoms with van der Waals surface area (Å²) in [5, 5.41) is 3.36. The van der Waals surface area contributed by atoms with Crippen LogP contribution in [0.3, 0.4) is 0 Å². The van der Waals surface area contributed by atoms with Crippen LogP contribution in [-0.4, -0.2) is 11.8 Å². The molecule has 1 N–H and O–H groups in total. The zero-order chi connectivity index (χ0) is 19.6. The highest BCUT2D eigenvalue weighted by atomic mass is 35.5. The molecule has 0 aromatic heterocycles. The highest BCUT2D eigenvalue weighted by Crippen LogP contribution is 2.31. The Labute approximate surface area is 168 Å². The molecule has 0 spiro atoms. The second-order valence-corrected chi connectivity index (χ2v) is 7.28. The van der Waals surface area contributed by atoms with Crippen LogP contribution in [0, 0.1) is 6.92 Å². The number of benzene rings is 2. The van der Waals surface area contributed by atoms with Crippen LogP contribution < -0.4 is 10.2 Å². The minimum atomic E-state index is -0.538. The molecule has 2 aromatic rings. The largest absolute Gasteiger partial charge is 0.350 e. The fourth-order valence-corrected chi connectivity index (χ4v) is 3.25. The molecule has 4 nitrogen and oxygen atoms in total. The quantitative estimate of drug-likeness (QED) is 0.655. The lowest BCUT2D eigenvalue weighted by molar-refractivity contribution is -0.120. The van der Waals surface area contributed by atoms with Gasteiger partial charge in [-0.25, -0.2) is 4.90 Å². The van der Waals surface area contributed by atoms with E-state index in [0.29, 0.717) is 16.4 Å². The Morgan fingerprint density at radius 3 is 2.33 bits per heavy atom. The van der Waals surface area contributed by atoms with E-state index >= 15 is 0 Å². The number of hydrogen-bond donors (Lipinski definition) is 1. The summed E-state index contributed by atoms with van der Waals surface area (Å²) in [7, 11) is 0. The molecule has 0 atom stereocenters. The number of imide groups is 1. The zero-order valence-electron chi connectivity index (χ0n) is 15.2. The monoisotopic (exact) mass is 402 g/mol. The number of halogens is 2. The van der Waals surface area contributed by atoms with Gasteiger partial charge in [0.25, 0.3) is 11.8 Å². The molecule has 2 aromatic carbocycles. The minimum Gasteiger partial charge on any atom is -0.350 e. The van der Waals surface area contributed by atoms with Crippen molar-refractivity contribution in [2.75, 3.05) is 10.2 Å². The van der Waals surface area contributed by atoms with Crippen molar-refractivity contribution in [2.45, 2.75) is 33.1 Å². The van der Waals surface area contributed by atoms with Gasteiger partial charge >= 0.3 is 0 Å². The molecule has 1 aliphatic heterocycles. The van der Waals surface area contributed by atoms with Gasteiger partial charge in [-0.1, -0.05) is 54.7 Å². The summed E-state index contributed by atoms with van der Waals surface area (Å²) in [5.41, 5.74) is 3.24. The van der Waals surface area contributed by atoms with Gasteiger partial charge in [0.05, 0.1) is 5.69 Å². The van der Waals surface area contributed by atoms with Gasteiger partial charge in [-0.05, 0) is 55.2 Å². The van der Waals surface area contributed by atoms with Crippen LogP contribution in [0.15, 0.2) is 53.2 Å². The highest BCUT2D eigenvalue weighted by molar-refractivity contribution is 6.53. The van der Waals surface area contributed by atoms with Gasteiger partial charge in [-0.2, -0.15) is 0 Å². The first-order valence-corrected chi connectivity index (χ1v) is 9.58. The van der Waals surface area contributed by atoms with E-state index in [4.69, 9.17) is 23.2 Å². The van der Waals surface area contributed by atoms with E-state index in [1.54, 1.807) is 24.3 Å². The number of nitrogens with one attached hydrogen (secondary N) is 1. The van der Waals surface area contributed by atoms with Gasteiger partial charge in [0, 0.05) is 10.7 Å². The third kappa shape index (κ3) is 4.02. The average Bonchev–Trinajstić information content (AvgIpc) is 2.87. The molecule has 0 saturated carbocycles. The van der Waals surface area contributed by atoms with Crippen LogP contribution in [-0.2, 0) is 16.0 Å². The SMILES string of the molecule is CCCCc1ccc(N2C(=O)C(Cl)=C(Nc3ccc(C)c(Cl)c3)C2=O)cc1. The third-order valence-corrected chi connectivity index (χ3v) is 5.24. The van der Waals surface area contributed by atoms with Crippen molar-refractivity contribution >= 4 is 46.4 Å². The molecule has 1 heterocycles. The minimum absolute atomic E-state index is 0.0524. The Hall–Kier alpha value is -2.30. The number of anilines is 2. The van der Waals surface area contributed by atoms with Crippen LogP contribution in [0.1, 0.15) is 30.9 Å². The fourth-order valence-electron chi connectivity index (χ4n) is 2.85. The van der Waals surface area contributed by atoms with Crippen molar-refractivity contribution < 1.29 is 9.59 Å². The lowest BCUT2D eigenvalue weighted by Crippen LogP contribution is -2.32. The van der Waals surface area contributed by atoms with Gasteiger partial charge in [0.15, 0.2) is 0 Å². The normalized spacial score (nSPS) is 14.3. The number of aryl methyl sites for hydroxylation is 2. The Bertz CT molecular complexity index is 920. The summed E-state index contributed by atoms with van der Waals surface area (Å²) in [6.07, 6.45) is 3.18. The van der Waals surface area contributed by atoms with E-state index in [1.807, 2.05) is 25.1 Å². The van der Waals surface area contributed by atoms with Gasteiger partial charge < -0.3 is 5.32 Å². The van der Waals surface area contributed by atoms with Crippen molar-refractivity contribution in [3.8, 4) is 0 Å². The molecule has 0 unspecified atom stereocenters. The van der Waals surface area contributed by atoms with Crippen LogP contribution in [0.4, 0.5) is 11.4 Å². The molecule has 1 aliphatic rings. The highest BCUT2D eigenvalue weighted by Gasteiger charge is 2.38. The molecule has 6 heteroatoms. The van der Waals surface area contributed by atoms with E-state index in [2.05, 4.69) is 12.2 Å². The third-order valence-electron chi connectivity index (χ3n) is 4.48. The molecule has 27 heavy (non-hydrogen) atoms. The maximum atomic E-state index is 12.8. The van der Waals surface area contributed by atoms with Gasteiger partial charge in [-0.15, -0.1) is 0 Å². The summed E-state index contributed by atoms with van der Waals surface area (Å²) in [6.45, 7) is 4.02. The van der Waals surface area contributed by atoms with Crippen LogP contribution >= 0.6 is 23.2 Å². The predicted octanol–water partition coefficient (Wildman–Crippen LogP) is 5.43. The van der Waals surface area contributed by atoms with Gasteiger partial charge in [0.2, 0.25) is 0 Å². The molecule has 0 fully saturated rings. The van der Waals surface area contributed by atoms with Gasteiger partial charge in [-0.3, -0.25) is 9.59 Å². The van der Waals surface area contributed by atoms with Gasteiger partial charge in [0.1, 0.15) is 10.7 Å². The average molecular weight is 403 g/mol. The molecular weight excluding hydrogens is 383 g/mol. The Morgan fingerprint density at radius 2 is 1.70 bits per heavy atom. The smallest absolute Gasteiger partial charge is 0.283 e. The standard InChI is InChI=1S/C21H20Cl2N2O2/c1-3-4-5-14-7-10-16(11-8-14)25-20(26)18(23)19(21(25)27)24-15-9-6-13(2)17(22)12-15/h6-12,24H,3-5H2,1-2H3. The molecule has 140 valence electrons. The molecule has 0 saturated heterocycles. The summed E-state index contributed by atoms with van der Waals surface area (Å²) in [4.78, 5) is 26.4. The number of carbonyl (C=O) groups excluding carboxylic acids is 2. The molecule has 0 aliphatic carbocycles. The first-order chi connectivity index (χ1) is 12.9. The number of rotatable bonds is 6. The molecule has 3 rings (SSSR count). The summed E-state index contributed by atoms with van der Waals surface area (Å²) >= 11 is 12.3. The summed E-state index contributed by atoms with van der Waals surface area (Å²) in [5.74, 6) is -1.02. The first-order valence-electron chi connectivity index (χ1n) is 8.83. The molecule has 0 bridgehead atoms. The van der Waals surface area contributed by atoms with Crippen molar-refractivity contribution in [2.24, 2.45) is 0 Å². The summed E-state index contributed by atoms with van der Waals surface area (Å²) in [6, 6.07) is 12.7. The van der Waals surface area contributed by atoms with Crippen LogP contribution in [0.25, 0.3) is 0 Å². The maximum Gasteiger partial charge on any atom is 0.283 e. The topological polar surface area (TPSA) is 49.4 Å². The van der Waals surface area contributed by atoms with Crippen molar-refractivity contribution in [3.05, 3.63) is 69.3 Å². The Kier molecular flexibility index (Phi) is 5.88. The van der Waals surface area contributed by atoms with Crippen molar-refractivity contribution in [1.29, 1.82) is 0 Å². The molecule has 2 amide bonds. The van der Waals surface area contributed by atoms with E-state index in [-0.39, 0.29) is 10.7 Å². The maximum absolute atomic E-state index is 12.8. The fraction of sp³-hybridized carbons (Fsp3) is 0.238. The summed E-state index contributed by atoms with van der Waals surface area (Å²) < 4.78 is 0. The lowest BCUT2D eigenvalue weighted by Gasteiger charge is -2.16. The number of amides is 2. The van der Waals surface area contributed by atoms with Crippen LogP contribution in [0.2, 0.25) is 5.02 Å². The number of unbranched alkanes of at least 4 members (excludes halogenated alkanes) is 1. The van der Waals surface area contributed by atoms with E-state index in [9.17, 15) is 9.59 Å². The second-order valence-electron chi connectivity index (χ2n) is 6.49. The zero-order valence-corrected chi connectivity index (χ0v) is 16.7. The van der Waals surface area contributed by atoms with Crippen molar-refractivity contribution in [1.82, 2.24) is 0 Å². The predicted molar refractivity (Wildman–Crippen MR) is 110 cm³/mol. The number of nitrogens with zero attached hydrogens (tertiary/aromatic N) is 1. The molecule has 0 radical (unpaired) electrons. The number of carbonyl (C=O) groups is 2. The van der Waals surface area contributed by atoms with E-state index in [0.717, 1.165) is 29.7 Å². The van der Waals surface area contributed by atoms with E-state index < -0.39 is 11.8 Å².